The maximum Gasteiger partial charge on any atom is 0.413 e. The molecule has 0 aromatic heterocycles. The second-order valence-electron chi connectivity index (χ2n) is 5.88. The number of carbonyl (C=O) groups is 1. The molecule has 0 atom stereocenters. The normalized spacial score (nSPS) is 13.4. The van der Waals surface area contributed by atoms with Crippen LogP contribution in [0.15, 0.2) is 42.0 Å². The summed E-state index contributed by atoms with van der Waals surface area (Å²) in [6.45, 7) is 6.14. The largest absolute Gasteiger partial charge is 0.413 e. The van der Waals surface area contributed by atoms with Crippen LogP contribution in [0.3, 0.4) is 0 Å². The van der Waals surface area contributed by atoms with Gasteiger partial charge < -0.3 is 0 Å². The molecular formula is C16H21F3N2O. The van der Waals surface area contributed by atoms with E-state index in [1.165, 1.54) is 11.9 Å². The number of hydrogen-bond donors (Lipinski definition) is 1. The van der Waals surface area contributed by atoms with Gasteiger partial charge in [0.1, 0.15) is 0 Å². The third kappa shape index (κ3) is 5.18. The lowest BCUT2D eigenvalue weighted by Gasteiger charge is -2.36. The van der Waals surface area contributed by atoms with E-state index in [-0.39, 0.29) is 0 Å². The van der Waals surface area contributed by atoms with E-state index in [1.54, 1.807) is 51.1 Å². The number of carbonyl (C=O) groups excluding carboxylic acids is 1. The van der Waals surface area contributed by atoms with Crippen molar-refractivity contribution in [1.82, 2.24) is 10.4 Å². The highest BCUT2D eigenvalue weighted by Gasteiger charge is 2.36. The molecule has 1 aromatic rings. The van der Waals surface area contributed by atoms with Crippen molar-refractivity contribution in [2.45, 2.75) is 39.4 Å². The van der Waals surface area contributed by atoms with E-state index in [4.69, 9.17) is 0 Å². The maximum absolute atomic E-state index is 12.9. The Labute approximate surface area is 128 Å². The Kier molecular flexibility index (Phi) is 5.77. The number of halogens is 3. The van der Waals surface area contributed by atoms with Crippen LogP contribution in [0.5, 0.6) is 0 Å². The van der Waals surface area contributed by atoms with Crippen molar-refractivity contribution < 1.29 is 18.0 Å². The van der Waals surface area contributed by atoms with E-state index in [0.717, 1.165) is 6.08 Å². The zero-order chi connectivity index (χ0) is 17.0. The Morgan fingerprint density at radius 3 is 2.14 bits per heavy atom. The fraction of sp³-hybridized carbons (Fsp3) is 0.438. The number of amides is 1. The smallest absolute Gasteiger partial charge is 0.284 e. The number of rotatable bonds is 4. The van der Waals surface area contributed by atoms with Crippen LogP contribution in [0.4, 0.5) is 13.2 Å². The van der Waals surface area contributed by atoms with Gasteiger partial charge in [0.25, 0.3) is 5.91 Å². The molecule has 0 aliphatic carbocycles. The molecule has 1 N–H and O–H groups in total. The first kappa shape index (κ1) is 18.2. The molecule has 1 amide bonds. The highest BCUT2D eigenvalue weighted by molar-refractivity contribution is 5.93. The lowest BCUT2D eigenvalue weighted by molar-refractivity contribution is -0.0992. The van der Waals surface area contributed by atoms with Crippen molar-refractivity contribution in [1.29, 1.82) is 0 Å². The van der Waals surface area contributed by atoms with Crippen LogP contribution in [0.1, 0.15) is 38.1 Å². The second-order valence-corrected chi connectivity index (χ2v) is 5.88. The molecule has 0 fully saturated rings. The molecule has 0 aliphatic rings. The van der Waals surface area contributed by atoms with E-state index in [0.29, 0.717) is 5.56 Å². The summed E-state index contributed by atoms with van der Waals surface area (Å²) in [6, 6.07) is 8.37. The number of hydrazine groups is 1. The van der Waals surface area contributed by atoms with Crippen molar-refractivity contribution in [3.8, 4) is 0 Å². The van der Waals surface area contributed by atoms with Crippen molar-refractivity contribution in [2.75, 3.05) is 6.54 Å². The van der Waals surface area contributed by atoms with Crippen LogP contribution in [0.2, 0.25) is 0 Å². The molecule has 0 unspecified atom stereocenters. The third-order valence-corrected chi connectivity index (χ3v) is 3.12. The molecule has 0 aliphatic heterocycles. The summed E-state index contributed by atoms with van der Waals surface area (Å²) in [4.78, 5) is 12.2. The molecule has 0 bridgehead atoms. The molecule has 0 heterocycles. The van der Waals surface area contributed by atoms with E-state index in [1.807, 2.05) is 0 Å². The van der Waals surface area contributed by atoms with E-state index in [2.05, 4.69) is 5.43 Å². The van der Waals surface area contributed by atoms with Gasteiger partial charge in [-0.2, -0.15) is 13.2 Å². The number of hydrogen-bond acceptors (Lipinski definition) is 2. The summed E-state index contributed by atoms with van der Waals surface area (Å²) in [6.07, 6.45) is -3.40. The van der Waals surface area contributed by atoms with Crippen molar-refractivity contribution in [2.24, 2.45) is 0 Å². The molecule has 0 spiro atoms. The van der Waals surface area contributed by atoms with Crippen molar-refractivity contribution in [3.63, 3.8) is 0 Å². The molecule has 6 heteroatoms. The van der Waals surface area contributed by atoms with Gasteiger partial charge >= 0.3 is 6.18 Å². The summed E-state index contributed by atoms with van der Waals surface area (Å²) in [5, 5.41) is 1.30. The predicted octanol–water partition coefficient (Wildman–Crippen LogP) is 3.94. The van der Waals surface area contributed by atoms with Gasteiger partial charge in [-0.1, -0.05) is 24.3 Å². The summed E-state index contributed by atoms with van der Waals surface area (Å²) in [7, 11) is 0. The minimum atomic E-state index is -4.42. The highest BCUT2D eigenvalue weighted by Crippen LogP contribution is 2.27. The predicted molar refractivity (Wildman–Crippen MR) is 80.2 cm³/mol. The van der Waals surface area contributed by atoms with Crippen molar-refractivity contribution >= 4 is 5.91 Å². The van der Waals surface area contributed by atoms with Crippen LogP contribution in [-0.4, -0.2) is 29.2 Å². The highest BCUT2D eigenvalue weighted by atomic mass is 19.4. The maximum atomic E-state index is 12.9. The Hall–Kier alpha value is -1.82. The first-order valence-corrected chi connectivity index (χ1v) is 6.91. The van der Waals surface area contributed by atoms with Gasteiger partial charge in [0, 0.05) is 23.2 Å². The van der Waals surface area contributed by atoms with E-state index >= 15 is 0 Å². The van der Waals surface area contributed by atoms with Crippen LogP contribution in [0, 0.1) is 0 Å². The lowest BCUT2D eigenvalue weighted by atomic mass is 10.1. The Balaban J connectivity index is 2.94. The summed E-state index contributed by atoms with van der Waals surface area (Å²) in [5.74, 6) is -0.437. The molecular weight excluding hydrogens is 293 g/mol. The third-order valence-electron chi connectivity index (χ3n) is 3.12. The lowest BCUT2D eigenvalue weighted by Crippen LogP contribution is -2.54. The fourth-order valence-electron chi connectivity index (χ4n) is 1.74. The average Bonchev–Trinajstić information content (AvgIpc) is 2.41. The topological polar surface area (TPSA) is 32.3 Å². The van der Waals surface area contributed by atoms with Gasteiger partial charge in [0.15, 0.2) is 0 Å². The average molecular weight is 314 g/mol. The number of nitrogens with zero attached hydrogens (tertiary/aromatic N) is 1. The van der Waals surface area contributed by atoms with Crippen LogP contribution in [0.25, 0.3) is 0 Å². The van der Waals surface area contributed by atoms with Crippen molar-refractivity contribution in [3.05, 3.63) is 47.5 Å². The Bertz CT molecular complexity index is 531. The number of alkyl halides is 3. The molecule has 22 heavy (non-hydrogen) atoms. The van der Waals surface area contributed by atoms with Gasteiger partial charge in [0.2, 0.25) is 0 Å². The molecule has 0 saturated heterocycles. The van der Waals surface area contributed by atoms with Crippen LogP contribution < -0.4 is 5.43 Å². The quantitative estimate of drug-likeness (QED) is 0.674. The number of nitrogens with one attached hydrogen (secondary N) is 1. The molecule has 122 valence electrons. The SMILES string of the molecule is C/C=C(/CN(NC(=O)c1ccccc1)C(C)(C)C)C(F)(F)F. The first-order valence-electron chi connectivity index (χ1n) is 6.91. The molecule has 1 rings (SSSR count). The van der Waals surface area contributed by atoms with Gasteiger partial charge in [-0.25, -0.2) is 5.01 Å². The minimum Gasteiger partial charge on any atom is -0.284 e. The Morgan fingerprint density at radius 1 is 1.18 bits per heavy atom. The van der Waals surface area contributed by atoms with Gasteiger partial charge in [0.05, 0.1) is 0 Å². The van der Waals surface area contributed by atoms with Gasteiger partial charge in [-0.3, -0.25) is 10.2 Å². The summed E-state index contributed by atoms with van der Waals surface area (Å²) >= 11 is 0. The van der Waals surface area contributed by atoms with Gasteiger partial charge in [-0.15, -0.1) is 0 Å². The first-order chi connectivity index (χ1) is 10.1. The zero-order valence-electron chi connectivity index (χ0n) is 13.2. The number of benzene rings is 1. The zero-order valence-corrected chi connectivity index (χ0v) is 13.2. The van der Waals surface area contributed by atoms with E-state index < -0.39 is 29.7 Å². The molecule has 0 saturated carbocycles. The Morgan fingerprint density at radius 2 is 1.73 bits per heavy atom. The standard InChI is InChI=1S/C16H21F3N2O/c1-5-13(16(17,18)19)11-21(15(2,3)4)20-14(22)12-9-7-6-8-10-12/h5-10H,11H2,1-4H3,(H,20,22)/b13-5-. The summed E-state index contributed by atoms with van der Waals surface area (Å²) < 4.78 is 38.8. The summed E-state index contributed by atoms with van der Waals surface area (Å²) in [5.41, 5.74) is 1.60. The molecule has 1 aromatic carbocycles. The molecule has 3 nitrogen and oxygen atoms in total. The van der Waals surface area contributed by atoms with E-state index in [9.17, 15) is 18.0 Å². The second kappa shape index (κ2) is 6.96. The monoisotopic (exact) mass is 314 g/mol. The van der Waals surface area contributed by atoms with Crippen LogP contribution in [-0.2, 0) is 0 Å². The number of allylic oxidation sites excluding steroid dienone is 1. The van der Waals surface area contributed by atoms with Gasteiger partial charge in [-0.05, 0) is 39.8 Å². The minimum absolute atomic E-state index is 0.394. The molecule has 0 radical (unpaired) electrons. The fourth-order valence-corrected chi connectivity index (χ4v) is 1.74. The van der Waals surface area contributed by atoms with Crippen LogP contribution >= 0.6 is 0 Å².